The van der Waals surface area contributed by atoms with E-state index in [2.05, 4.69) is 15.0 Å². The van der Waals surface area contributed by atoms with Crippen molar-refractivity contribution in [3.63, 3.8) is 0 Å². The molecule has 0 radical (unpaired) electrons. The van der Waals surface area contributed by atoms with Gasteiger partial charge in [-0.1, -0.05) is 0 Å². The first-order chi connectivity index (χ1) is 14.7. The van der Waals surface area contributed by atoms with Gasteiger partial charge in [0.15, 0.2) is 6.29 Å². The van der Waals surface area contributed by atoms with E-state index in [1.54, 1.807) is 0 Å². The van der Waals surface area contributed by atoms with Crippen LogP contribution < -0.4 is 11.2 Å². The van der Waals surface area contributed by atoms with Gasteiger partial charge in [0.2, 0.25) is 5.85 Å². The fourth-order valence-electron chi connectivity index (χ4n) is 3.57. The molecule has 0 aromatic carbocycles. The fourth-order valence-corrected chi connectivity index (χ4v) is 3.57. The summed E-state index contributed by atoms with van der Waals surface area (Å²) in [5, 5.41) is 52.6. The Morgan fingerprint density at radius 2 is 1.94 bits per heavy atom. The molecular weight excluding hydrogens is 422 g/mol. The van der Waals surface area contributed by atoms with Gasteiger partial charge in [-0.25, -0.2) is 4.79 Å². The summed E-state index contributed by atoms with van der Waals surface area (Å²) >= 11 is 0. The first kappa shape index (κ1) is 23.3. The van der Waals surface area contributed by atoms with Crippen molar-refractivity contribution in [3.05, 3.63) is 43.0 Å². The molecule has 31 heavy (non-hydrogen) atoms. The van der Waals surface area contributed by atoms with Crippen molar-refractivity contribution in [2.75, 3.05) is 13.2 Å². The standard InChI is InChI=1S/C16H23N5O10/c1-6-3-21(15(28)18-13(6)27)16(19-20-17)2-7(8(4-22)31-16)29-14-12(26)11(25)10(24)9(5-23)30-14/h3,7-12,14,22-26H,2,4-5H2,1H3,(H,18,27,28)/t7-,8+,9+,10-,11-,12+,14+,16-/m0/s1. The van der Waals surface area contributed by atoms with Gasteiger partial charge in [0, 0.05) is 23.1 Å². The molecule has 3 heterocycles. The van der Waals surface area contributed by atoms with E-state index >= 15 is 0 Å². The second kappa shape index (κ2) is 9.04. The van der Waals surface area contributed by atoms with Crippen LogP contribution in [0.25, 0.3) is 10.4 Å². The number of ether oxygens (including phenoxy) is 3. The normalized spacial score (nSPS) is 38.1. The molecule has 0 unspecified atom stereocenters. The van der Waals surface area contributed by atoms with Crippen LogP contribution >= 0.6 is 0 Å². The molecular formula is C16H23N5O10. The lowest BCUT2D eigenvalue weighted by molar-refractivity contribution is -0.314. The minimum Gasteiger partial charge on any atom is -0.394 e. The van der Waals surface area contributed by atoms with E-state index in [0.717, 1.165) is 10.8 Å². The fraction of sp³-hybridized carbons (Fsp3) is 0.750. The van der Waals surface area contributed by atoms with Crippen LogP contribution in [-0.2, 0) is 20.1 Å². The van der Waals surface area contributed by atoms with Crippen molar-refractivity contribution in [3.8, 4) is 0 Å². The zero-order valence-electron chi connectivity index (χ0n) is 16.3. The lowest BCUT2D eigenvalue weighted by Crippen LogP contribution is -2.60. The highest BCUT2D eigenvalue weighted by Gasteiger charge is 2.52. The molecule has 3 rings (SSSR count). The summed E-state index contributed by atoms with van der Waals surface area (Å²) in [6, 6.07) is 0. The van der Waals surface area contributed by atoms with Crippen molar-refractivity contribution in [2.24, 2.45) is 5.11 Å². The molecule has 2 aliphatic heterocycles. The number of hydrogen-bond acceptors (Lipinski definition) is 11. The molecule has 172 valence electrons. The smallest absolute Gasteiger partial charge is 0.330 e. The van der Waals surface area contributed by atoms with Crippen molar-refractivity contribution >= 4 is 0 Å². The Morgan fingerprint density at radius 3 is 2.55 bits per heavy atom. The lowest BCUT2D eigenvalue weighted by Gasteiger charge is -2.40. The Balaban J connectivity index is 1.93. The van der Waals surface area contributed by atoms with Crippen molar-refractivity contribution in [2.45, 2.75) is 62.1 Å². The molecule has 0 amide bonds. The second-order valence-corrected chi connectivity index (χ2v) is 7.29. The lowest BCUT2D eigenvalue weighted by atomic mass is 9.99. The topological polar surface area (TPSA) is 232 Å². The monoisotopic (exact) mass is 445 g/mol. The van der Waals surface area contributed by atoms with Gasteiger partial charge in [-0.15, -0.1) is 0 Å². The van der Waals surface area contributed by atoms with Crippen LogP contribution in [0.1, 0.15) is 12.0 Å². The van der Waals surface area contributed by atoms with Crippen LogP contribution in [0.15, 0.2) is 20.9 Å². The first-order valence-electron chi connectivity index (χ1n) is 9.31. The molecule has 1 aromatic heterocycles. The molecule has 2 saturated heterocycles. The maximum atomic E-state index is 12.4. The molecule has 6 N–H and O–H groups in total. The van der Waals surface area contributed by atoms with Gasteiger partial charge in [-0.2, -0.15) is 0 Å². The van der Waals surface area contributed by atoms with Gasteiger partial charge < -0.3 is 39.7 Å². The van der Waals surface area contributed by atoms with Gasteiger partial charge in [0.1, 0.15) is 30.5 Å². The van der Waals surface area contributed by atoms with Crippen LogP contribution in [-0.4, -0.2) is 91.2 Å². The van der Waals surface area contributed by atoms with Crippen molar-refractivity contribution < 1.29 is 39.7 Å². The van der Waals surface area contributed by atoms with E-state index in [-0.39, 0.29) is 12.0 Å². The summed E-state index contributed by atoms with van der Waals surface area (Å²) in [5.74, 6) is -2.02. The predicted molar refractivity (Wildman–Crippen MR) is 98.4 cm³/mol. The average molecular weight is 445 g/mol. The number of aromatic amines is 1. The van der Waals surface area contributed by atoms with Crippen LogP contribution in [0.2, 0.25) is 0 Å². The highest BCUT2D eigenvalue weighted by atomic mass is 16.7. The average Bonchev–Trinajstić information content (AvgIpc) is 3.09. The van der Waals surface area contributed by atoms with Crippen LogP contribution in [0, 0.1) is 6.92 Å². The van der Waals surface area contributed by atoms with Crippen molar-refractivity contribution in [1.29, 1.82) is 0 Å². The molecule has 15 nitrogen and oxygen atoms in total. The molecule has 0 spiro atoms. The minimum absolute atomic E-state index is 0.120. The van der Waals surface area contributed by atoms with Crippen LogP contribution in [0.3, 0.4) is 0 Å². The maximum Gasteiger partial charge on any atom is 0.330 e. The molecule has 2 fully saturated rings. The van der Waals surface area contributed by atoms with E-state index in [9.17, 15) is 35.1 Å². The Kier molecular flexibility index (Phi) is 6.80. The number of aliphatic hydroxyl groups excluding tert-OH is 5. The number of aryl methyl sites for hydroxylation is 1. The van der Waals surface area contributed by atoms with Gasteiger partial charge >= 0.3 is 5.69 Å². The number of rotatable bonds is 6. The number of azide groups is 1. The van der Waals surface area contributed by atoms with E-state index < -0.39 is 73.2 Å². The van der Waals surface area contributed by atoms with Crippen molar-refractivity contribution in [1.82, 2.24) is 9.55 Å². The Hall–Kier alpha value is -2.33. The SMILES string of the molecule is Cc1cn([C@@]2(N=[N+]=[N-])C[C@H](O[C@@H]3O[C@H](CO)[C@H](O)[C@H](O)[C@H]3O)[C@@H](CO)O2)c(=O)[nH]c1=O. The van der Waals surface area contributed by atoms with Gasteiger partial charge in [0.25, 0.3) is 5.56 Å². The summed E-state index contributed by atoms with van der Waals surface area (Å²) in [6.45, 7) is 0.0883. The summed E-state index contributed by atoms with van der Waals surface area (Å²) in [6.07, 6.45) is -9.31. The third kappa shape index (κ3) is 4.23. The number of aliphatic hydroxyl groups is 5. The molecule has 0 saturated carbocycles. The minimum atomic E-state index is -2.02. The Labute approximate surface area is 173 Å². The predicted octanol–water partition coefficient (Wildman–Crippen LogP) is -3.27. The van der Waals surface area contributed by atoms with Gasteiger partial charge in [-0.3, -0.25) is 14.3 Å². The molecule has 0 aliphatic carbocycles. The number of H-pyrrole nitrogens is 1. The van der Waals surface area contributed by atoms with E-state index in [1.807, 2.05) is 0 Å². The number of aromatic nitrogens is 2. The zero-order chi connectivity index (χ0) is 22.9. The third-order valence-electron chi connectivity index (χ3n) is 5.26. The zero-order valence-corrected chi connectivity index (χ0v) is 16.3. The van der Waals surface area contributed by atoms with E-state index in [1.165, 1.54) is 6.92 Å². The summed E-state index contributed by atoms with van der Waals surface area (Å²) < 4.78 is 17.4. The molecule has 0 bridgehead atoms. The van der Waals surface area contributed by atoms with Gasteiger partial charge in [-0.05, 0) is 17.6 Å². The third-order valence-corrected chi connectivity index (χ3v) is 5.26. The number of nitrogens with one attached hydrogen (secondary N) is 1. The largest absolute Gasteiger partial charge is 0.394 e. The summed E-state index contributed by atoms with van der Waals surface area (Å²) in [7, 11) is 0. The number of hydrogen-bond donors (Lipinski definition) is 6. The summed E-state index contributed by atoms with van der Waals surface area (Å²) in [4.78, 5) is 28.8. The van der Waals surface area contributed by atoms with E-state index in [4.69, 9.17) is 19.7 Å². The maximum absolute atomic E-state index is 12.4. The number of nitrogens with zero attached hydrogens (tertiary/aromatic N) is 4. The highest BCUT2D eigenvalue weighted by Crippen LogP contribution is 2.39. The van der Waals surface area contributed by atoms with Crippen LogP contribution in [0.5, 0.6) is 0 Å². The summed E-state index contributed by atoms with van der Waals surface area (Å²) in [5.41, 5.74) is 7.57. The molecule has 8 atom stereocenters. The van der Waals surface area contributed by atoms with E-state index in [0.29, 0.717) is 0 Å². The highest BCUT2D eigenvalue weighted by molar-refractivity contribution is 5.04. The Morgan fingerprint density at radius 1 is 1.26 bits per heavy atom. The molecule has 15 heteroatoms. The van der Waals surface area contributed by atoms with Crippen LogP contribution in [0.4, 0.5) is 0 Å². The quantitative estimate of drug-likeness (QED) is 0.145. The molecule has 2 aliphatic rings. The second-order valence-electron chi connectivity index (χ2n) is 7.29. The van der Waals surface area contributed by atoms with Gasteiger partial charge in [0.05, 0.1) is 19.3 Å². The molecule has 1 aromatic rings. The first-order valence-corrected chi connectivity index (χ1v) is 9.31. The Bertz CT molecular complexity index is 959.